The zero-order valence-corrected chi connectivity index (χ0v) is 7.54. The quantitative estimate of drug-likeness (QED) is 0.655. The first-order valence-electron chi connectivity index (χ1n) is 4.86. The molecule has 1 rings (SSSR count). The number of nitrogens with zero attached hydrogens (tertiary/aromatic N) is 1. The maximum Gasteiger partial charge on any atom is 0.0813 e. The van der Waals surface area contributed by atoms with Crippen molar-refractivity contribution in [2.24, 2.45) is 22.7 Å². The minimum atomic E-state index is 0.498. The van der Waals surface area contributed by atoms with Gasteiger partial charge in [-0.15, -0.1) is 0 Å². The highest BCUT2D eigenvalue weighted by Gasteiger charge is 2.19. The first-order chi connectivity index (χ1) is 5.86. The molecule has 2 N–H and O–H groups in total. The summed E-state index contributed by atoms with van der Waals surface area (Å²) in [7, 11) is 0. The maximum absolute atomic E-state index is 9.90. The van der Waals surface area contributed by atoms with E-state index >= 15 is 0 Å². The topological polar surface area (TPSA) is 55.4 Å². The molecular weight excluding hydrogens is 152 g/mol. The molecule has 0 unspecified atom stereocenters. The molecule has 0 atom stereocenters. The molecule has 1 fully saturated rings. The molecule has 0 saturated heterocycles. The van der Waals surface area contributed by atoms with E-state index in [2.05, 4.69) is 5.18 Å². The van der Waals surface area contributed by atoms with Gasteiger partial charge in [-0.25, -0.2) is 0 Å². The van der Waals surface area contributed by atoms with Crippen LogP contribution in [0.25, 0.3) is 0 Å². The fourth-order valence-electron chi connectivity index (χ4n) is 1.99. The minimum absolute atomic E-state index is 0.498. The maximum atomic E-state index is 9.90. The predicted molar refractivity (Wildman–Crippen MR) is 49.8 cm³/mol. The Morgan fingerprint density at radius 3 is 2.25 bits per heavy atom. The molecule has 0 amide bonds. The predicted octanol–water partition coefficient (Wildman–Crippen LogP) is 1.91. The zero-order chi connectivity index (χ0) is 8.81. The van der Waals surface area contributed by atoms with Crippen LogP contribution in [0.15, 0.2) is 5.18 Å². The van der Waals surface area contributed by atoms with E-state index in [-0.39, 0.29) is 0 Å². The largest absolute Gasteiger partial charge is 0.330 e. The van der Waals surface area contributed by atoms with Crippen molar-refractivity contribution in [2.45, 2.75) is 32.1 Å². The normalized spacial score (nSPS) is 30.1. The summed E-state index contributed by atoms with van der Waals surface area (Å²) in [6, 6.07) is 0. The van der Waals surface area contributed by atoms with Crippen molar-refractivity contribution in [2.75, 3.05) is 13.1 Å². The molecule has 0 aromatic carbocycles. The molecule has 0 radical (unpaired) electrons. The molecule has 0 aromatic rings. The SMILES string of the molecule is NCC1CCC(CCN=O)CC1. The van der Waals surface area contributed by atoms with Gasteiger partial charge < -0.3 is 5.73 Å². The van der Waals surface area contributed by atoms with Gasteiger partial charge >= 0.3 is 0 Å². The summed E-state index contributed by atoms with van der Waals surface area (Å²) in [6.07, 6.45) is 5.98. The van der Waals surface area contributed by atoms with Gasteiger partial charge in [0.1, 0.15) is 0 Å². The Kier molecular flexibility index (Phi) is 4.22. The van der Waals surface area contributed by atoms with E-state index in [1.165, 1.54) is 25.7 Å². The lowest BCUT2D eigenvalue weighted by Crippen LogP contribution is -2.21. The van der Waals surface area contributed by atoms with E-state index < -0.39 is 0 Å². The molecule has 1 aliphatic carbocycles. The van der Waals surface area contributed by atoms with E-state index in [9.17, 15) is 4.91 Å². The number of nitroso groups, excluding NO2 is 1. The van der Waals surface area contributed by atoms with Crippen LogP contribution in [0.4, 0.5) is 0 Å². The van der Waals surface area contributed by atoms with Gasteiger partial charge in [0.15, 0.2) is 0 Å². The lowest BCUT2D eigenvalue weighted by Gasteiger charge is -2.26. The van der Waals surface area contributed by atoms with Gasteiger partial charge in [0.25, 0.3) is 0 Å². The number of nitrogens with two attached hydrogens (primary N) is 1. The number of hydrogen-bond donors (Lipinski definition) is 1. The van der Waals surface area contributed by atoms with Crippen LogP contribution in [0, 0.1) is 16.7 Å². The molecule has 0 aromatic heterocycles. The van der Waals surface area contributed by atoms with Crippen molar-refractivity contribution in [3.05, 3.63) is 4.91 Å². The molecule has 0 spiro atoms. The highest BCUT2D eigenvalue weighted by molar-refractivity contribution is 4.73. The van der Waals surface area contributed by atoms with E-state index in [1.54, 1.807) is 0 Å². The first kappa shape index (κ1) is 9.65. The van der Waals surface area contributed by atoms with Crippen LogP contribution in [-0.2, 0) is 0 Å². The van der Waals surface area contributed by atoms with Crippen molar-refractivity contribution in [1.29, 1.82) is 0 Å². The minimum Gasteiger partial charge on any atom is -0.330 e. The molecule has 1 aliphatic rings. The molecule has 0 heterocycles. The van der Waals surface area contributed by atoms with Crippen LogP contribution < -0.4 is 5.73 Å². The van der Waals surface area contributed by atoms with Crippen LogP contribution in [0.2, 0.25) is 0 Å². The second-order valence-corrected chi connectivity index (χ2v) is 3.76. The summed E-state index contributed by atoms with van der Waals surface area (Å²) in [5, 5.41) is 2.89. The van der Waals surface area contributed by atoms with E-state index in [1.807, 2.05) is 0 Å². The van der Waals surface area contributed by atoms with Gasteiger partial charge in [0.05, 0.1) is 6.54 Å². The standard InChI is InChI=1S/C9H18N2O/c10-7-9-3-1-8(2-4-9)5-6-11-12/h8-9H,1-7,10H2. The van der Waals surface area contributed by atoms with Crippen LogP contribution in [-0.4, -0.2) is 13.1 Å². The fourth-order valence-corrected chi connectivity index (χ4v) is 1.99. The Balaban J connectivity index is 2.12. The third-order valence-corrected chi connectivity index (χ3v) is 2.93. The summed E-state index contributed by atoms with van der Waals surface area (Å²) in [5.41, 5.74) is 5.58. The second-order valence-electron chi connectivity index (χ2n) is 3.76. The highest BCUT2D eigenvalue weighted by Crippen LogP contribution is 2.29. The van der Waals surface area contributed by atoms with Crippen molar-refractivity contribution < 1.29 is 0 Å². The van der Waals surface area contributed by atoms with Gasteiger partial charge in [-0.2, -0.15) is 4.91 Å². The Labute approximate surface area is 73.7 Å². The van der Waals surface area contributed by atoms with E-state index in [4.69, 9.17) is 5.73 Å². The molecule has 12 heavy (non-hydrogen) atoms. The van der Waals surface area contributed by atoms with Crippen molar-refractivity contribution in [3.63, 3.8) is 0 Å². The summed E-state index contributed by atoms with van der Waals surface area (Å²) >= 11 is 0. The second kappa shape index (κ2) is 5.25. The van der Waals surface area contributed by atoms with Crippen LogP contribution in [0.3, 0.4) is 0 Å². The van der Waals surface area contributed by atoms with Crippen molar-refractivity contribution in [3.8, 4) is 0 Å². The van der Waals surface area contributed by atoms with E-state index in [0.717, 1.165) is 24.8 Å². The van der Waals surface area contributed by atoms with Crippen LogP contribution in [0.5, 0.6) is 0 Å². The van der Waals surface area contributed by atoms with Gasteiger partial charge in [0.2, 0.25) is 0 Å². The molecule has 3 heteroatoms. The average Bonchev–Trinajstić information content (AvgIpc) is 2.15. The fraction of sp³-hybridized carbons (Fsp3) is 1.00. The molecule has 70 valence electrons. The number of rotatable bonds is 4. The average molecular weight is 170 g/mol. The first-order valence-corrected chi connectivity index (χ1v) is 4.86. The monoisotopic (exact) mass is 170 g/mol. The molecule has 0 bridgehead atoms. The molecular formula is C9H18N2O. The third-order valence-electron chi connectivity index (χ3n) is 2.93. The Hall–Kier alpha value is -0.440. The Morgan fingerprint density at radius 2 is 1.75 bits per heavy atom. The smallest absolute Gasteiger partial charge is 0.0813 e. The Morgan fingerprint density at radius 1 is 1.17 bits per heavy atom. The van der Waals surface area contributed by atoms with Gasteiger partial charge in [-0.05, 0) is 37.6 Å². The number of hydrogen-bond acceptors (Lipinski definition) is 3. The summed E-state index contributed by atoms with van der Waals surface area (Å²) in [5.74, 6) is 1.48. The van der Waals surface area contributed by atoms with Crippen LogP contribution >= 0.6 is 0 Å². The molecule has 3 nitrogen and oxygen atoms in total. The third kappa shape index (κ3) is 2.89. The Bertz CT molecular complexity index is 130. The van der Waals surface area contributed by atoms with Gasteiger partial charge in [0, 0.05) is 0 Å². The zero-order valence-electron chi connectivity index (χ0n) is 7.54. The van der Waals surface area contributed by atoms with Gasteiger partial charge in [-0.1, -0.05) is 18.0 Å². The van der Waals surface area contributed by atoms with E-state index in [0.29, 0.717) is 6.54 Å². The molecule has 0 aliphatic heterocycles. The summed E-state index contributed by atoms with van der Waals surface area (Å²) < 4.78 is 0. The highest BCUT2D eigenvalue weighted by atomic mass is 16.3. The van der Waals surface area contributed by atoms with Crippen LogP contribution in [0.1, 0.15) is 32.1 Å². The molecule has 1 saturated carbocycles. The van der Waals surface area contributed by atoms with Crippen molar-refractivity contribution in [1.82, 2.24) is 0 Å². The summed E-state index contributed by atoms with van der Waals surface area (Å²) in [4.78, 5) is 9.90. The van der Waals surface area contributed by atoms with Gasteiger partial charge in [-0.3, -0.25) is 0 Å². The summed E-state index contributed by atoms with van der Waals surface area (Å²) in [6.45, 7) is 1.33. The lowest BCUT2D eigenvalue weighted by molar-refractivity contribution is 0.270. The lowest BCUT2D eigenvalue weighted by atomic mass is 9.81. The van der Waals surface area contributed by atoms with Crippen molar-refractivity contribution >= 4 is 0 Å².